The highest BCUT2D eigenvalue weighted by Gasteiger charge is 2.22. The summed E-state index contributed by atoms with van der Waals surface area (Å²) in [6.45, 7) is 6.37. The van der Waals surface area contributed by atoms with E-state index >= 15 is 0 Å². The van der Waals surface area contributed by atoms with Crippen molar-refractivity contribution in [1.82, 2.24) is 15.4 Å². The molecule has 0 atom stereocenters. The fraction of sp³-hybridized carbons (Fsp3) is 0.750. The van der Waals surface area contributed by atoms with E-state index in [0.29, 0.717) is 0 Å². The first kappa shape index (κ1) is 9.03. The highest BCUT2D eigenvalue weighted by Crippen LogP contribution is 2.26. The Morgan fingerprint density at radius 3 is 2.08 bits per heavy atom. The number of nitrogens with zero attached hydrogens (tertiary/aromatic N) is 3. The molecule has 12 heavy (non-hydrogen) atoms. The van der Waals surface area contributed by atoms with Crippen molar-refractivity contribution in [1.29, 1.82) is 0 Å². The fourth-order valence-corrected chi connectivity index (χ4v) is 1.04. The monoisotopic (exact) mass is 168 g/mol. The van der Waals surface area contributed by atoms with Gasteiger partial charge in [-0.05, 0) is 0 Å². The highest BCUT2D eigenvalue weighted by molar-refractivity contribution is 5.43. The Labute approximate surface area is 73.0 Å². The van der Waals surface area contributed by atoms with Crippen LogP contribution < -0.4 is 4.90 Å². The lowest BCUT2D eigenvalue weighted by molar-refractivity contribution is 0.566. The van der Waals surface area contributed by atoms with Crippen molar-refractivity contribution >= 4 is 5.82 Å². The molecule has 0 aliphatic heterocycles. The molecule has 0 spiro atoms. The molecule has 0 radical (unpaired) electrons. The van der Waals surface area contributed by atoms with Gasteiger partial charge in [-0.2, -0.15) is 10.3 Å². The van der Waals surface area contributed by atoms with Crippen LogP contribution in [0.2, 0.25) is 0 Å². The number of nitrogens with one attached hydrogen (secondary N) is 1. The predicted octanol–water partition coefficient (Wildman–Crippen LogP) is 1.17. The normalized spacial score (nSPS) is 11.8. The van der Waals surface area contributed by atoms with Crippen molar-refractivity contribution in [3.05, 3.63) is 5.69 Å². The zero-order valence-corrected chi connectivity index (χ0v) is 8.34. The Balaban J connectivity index is 3.08. The summed E-state index contributed by atoms with van der Waals surface area (Å²) < 4.78 is 0. The van der Waals surface area contributed by atoms with E-state index in [2.05, 4.69) is 36.2 Å². The zero-order valence-electron chi connectivity index (χ0n) is 8.34. The third-order valence-corrected chi connectivity index (χ3v) is 1.66. The summed E-state index contributed by atoms with van der Waals surface area (Å²) in [7, 11) is 3.93. The van der Waals surface area contributed by atoms with Crippen LogP contribution in [0.15, 0.2) is 0 Å². The molecular formula is C8H16N4. The fourth-order valence-electron chi connectivity index (χ4n) is 1.04. The Hall–Kier alpha value is -1.06. The first-order valence-corrected chi connectivity index (χ1v) is 4.01. The average molecular weight is 168 g/mol. The molecule has 1 aromatic rings. The highest BCUT2D eigenvalue weighted by atomic mass is 15.4. The van der Waals surface area contributed by atoms with E-state index in [1.165, 1.54) is 0 Å². The lowest BCUT2D eigenvalue weighted by Gasteiger charge is -2.19. The lowest BCUT2D eigenvalue weighted by Crippen LogP contribution is -2.19. The van der Waals surface area contributed by atoms with Gasteiger partial charge in [-0.3, -0.25) is 0 Å². The van der Waals surface area contributed by atoms with Crippen LogP contribution in [-0.4, -0.2) is 29.5 Å². The average Bonchev–Trinajstić information content (AvgIpc) is 2.30. The zero-order chi connectivity index (χ0) is 9.35. The van der Waals surface area contributed by atoms with Crippen LogP contribution in [-0.2, 0) is 5.41 Å². The molecule has 0 aliphatic carbocycles. The molecular weight excluding hydrogens is 152 g/mol. The summed E-state index contributed by atoms with van der Waals surface area (Å²) in [4.78, 5) is 1.96. The second-order valence-corrected chi connectivity index (χ2v) is 4.14. The van der Waals surface area contributed by atoms with Crippen LogP contribution in [0.1, 0.15) is 26.5 Å². The summed E-state index contributed by atoms with van der Waals surface area (Å²) in [6.07, 6.45) is 0. The van der Waals surface area contributed by atoms with E-state index in [9.17, 15) is 0 Å². The second-order valence-electron chi connectivity index (χ2n) is 4.14. The molecule has 1 N–H and O–H groups in total. The molecule has 0 aromatic carbocycles. The topological polar surface area (TPSA) is 44.8 Å². The molecule has 1 rings (SSSR count). The number of hydrogen-bond acceptors (Lipinski definition) is 3. The molecule has 0 amide bonds. The smallest absolute Gasteiger partial charge is 0.174 e. The van der Waals surface area contributed by atoms with Gasteiger partial charge in [-0.25, -0.2) is 0 Å². The molecule has 0 saturated heterocycles. The Bertz CT molecular complexity index is 256. The summed E-state index contributed by atoms with van der Waals surface area (Å²) in [5.74, 6) is 0.919. The van der Waals surface area contributed by atoms with Gasteiger partial charge in [0.1, 0.15) is 5.69 Å². The third-order valence-electron chi connectivity index (χ3n) is 1.66. The number of anilines is 1. The summed E-state index contributed by atoms with van der Waals surface area (Å²) in [5, 5.41) is 10.8. The van der Waals surface area contributed by atoms with Crippen molar-refractivity contribution in [2.24, 2.45) is 0 Å². The van der Waals surface area contributed by atoms with Crippen molar-refractivity contribution in [2.75, 3.05) is 19.0 Å². The van der Waals surface area contributed by atoms with Gasteiger partial charge in [0.25, 0.3) is 0 Å². The van der Waals surface area contributed by atoms with E-state index in [-0.39, 0.29) is 5.41 Å². The van der Waals surface area contributed by atoms with Crippen LogP contribution >= 0.6 is 0 Å². The van der Waals surface area contributed by atoms with Gasteiger partial charge in [0.15, 0.2) is 5.82 Å². The van der Waals surface area contributed by atoms with Gasteiger partial charge in [0.05, 0.1) is 0 Å². The minimum absolute atomic E-state index is 0.0482. The number of aromatic nitrogens is 3. The van der Waals surface area contributed by atoms with Crippen LogP contribution in [0.4, 0.5) is 5.82 Å². The number of aromatic amines is 1. The van der Waals surface area contributed by atoms with E-state index < -0.39 is 0 Å². The SMILES string of the molecule is CN(C)c1n[nH]nc1C(C)(C)C. The molecule has 4 heteroatoms. The molecule has 68 valence electrons. The molecule has 1 aromatic heterocycles. The molecule has 0 saturated carbocycles. The van der Waals surface area contributed by atoms with E-state index in [1.54, 1.807) is 0 Å². The van der Waals surface area contributed by atoms with Crippen LogP contribution in [0.3, 0.4) is 0 Å². The number of rotatable bonds is 1. The maximum Gasteiger partial charge on any atom is 0.174 e. The second kappa shape index (κ2) is 2.77. The van der Waals surface area contributed by atoms with Crippen molar-refractivity contribution < 1.29 is 0 Å². The molecule has 0 unspecified atom stereocenters. The van der Waals surface area contributed by atoms with Crippen LogP contribution in [0, 0.1) is 0 Å². The molecule has 0 aliphatic rings. The molecule has 0 fully saturated rings. The van der Waals surface area contributed by atoms with E-state index in [0.717, 1.165) is 11.5 Å². The van der Waals surface area contributed by atoms with Gasteiger partial charge in [-0.15, -0.1) is 5.10 Å². The van der Waals surface area contributed by atoms with Crippen LogP contribution in [0.25, 0.3) is 0 Å². The number of H-pyrrole nitrogens is 1. The van der Waals surface area contributed by atoms with Crippen molar-refractivity contribution in [3.8, 4) is 0 Å². The quantitative estimate of drug-likeness (QED) is 0.684. The Kier molecular flexibility index (Phi) is 2.08. The summed E-state index contributed by atoms with van der Waals surface area (Å²) >= 11 is 0. The summed E-state index contributed by atoms with van der Waals surface area (Å²) in [6, 6.07) is 0. The van der Waals surface area contributed by atoms with Gasteiger partial charge >= 0.3 is 0 Å². The Morgan fingerprint density at radius 1 is 1.17 bits per heavy atom. The first-order chi connectivity index (χ1) is 5.43. The summed E-state index contributed by atoms with van der Waals surface area (Å²) in [5.41, 5.74) is 1.06. The van der Waals surface area contributed by atoms with E-state index in [4.69, 9.17) is 0 Å². The van der Waals surface area contributed by atoms with Gasteiger partial charge in [0, 0.05) is 19.5 Å². The van der Waals surface area contributed by atoms with Crippen LogP contribution in [0.5, 0.6) is 0 Å². The first-order valence-electron chi connectivity index (χ1n) is 4.01. The molecule has 0 bridgehead atoms. The maximum absolute atomic E-state index is 4.13. The lowest BCUT2D eigenvalue weighted by atomic mass is 9.92. The third kappa shape index (κ3) is 1.57. The maximum atomic E-state index is 4.13. The van der Waals surface area contributed by atoms with E-state index in [1.807, 2.05) is 19.0 Å². The van der Waals surface area contributed by atoms with Gasteiger partial charge < -0.3 is 4.90 Å². The van der Waals surface area contributed by atoms with Gasteiger partial charge in [0.2, 0.25) is 0 Å². The minimum Gasteiger partial charge on any atom is -0.360 e. The standard InChI is InChI=1S/C8H16N4/c1-8(2,3)6-7(12(4)5)10-11-9-6/h1-5H3,(H,9,10,11). The van der Waals surface area contributed by atoms with Gasteiger partial charge in [-0.1, -0.05) is 20.8 Å². The van der Waals surface area contributed by atoms with Crippen molar-refractivity contribution in [3.63, 3.8) is 0 Å². The molecule has 4 nitrogen and oxygen atoms in total. The number of hydrogen-bond donors (Lipinski definition) is 1. The largest absolute Gasteiger partial charge is 0.360 e. The Morgan fingerprint density at radius 2 is 1.75 bits per heavy atom. The predicted molar refractivity (Wildman–Crippen MR) is 49.4 cm³/mol. The van der Waals surface area contributed by atoms with Crippen molar-refractivity contribution in [2.45, 2.75) is 26.2 Å². The molecule has 1 heterocycles. The minimum atomic E-state index is 0.0482.